The smallest absolute Gasteiger partial charge is 0.177 e. The van der Waals surface area contributed by atoms with Gasteiger partial charge in [0, 0.05) is 58.3 Å². The van der Waals surface area contributed by atoms with E-state index < -0.39 is 30.4 Å². The monoisotopic (exact) mass is 918 g/mol. The first kappa shape index (κ1) is 30.8. The predicted octanol–water partition coefficient (Wildman–Crippen LogP) is 14.0. The summed E-state index contributed by atoms with van der Waals surface area (Å²) in [5.41, 5.74) is 8.25. The zero-order valence-electron chi connectivity index (χ0n) is 39.2. The molecule has 5 aromatic carbocycles. The molecule has 0 aliphatic rings. The van der Waals surface area contributed by atoms with E-state index in [4.69, 9.17) is 18.4 Å². The molecular formula is C51H46IrN2O2-2. The predicted molar refractivity (Wildman–Crippen MR) is 228 cm³/mol. The van der Waals surface area contributed by atoms with Crippen LogP contribution >= 0.6 is 0 Å². The topological polar surface area (TPSA) is 52.1 Å². The molecule has 0 atom stereocenters. The molecule has 0 aliphatic carbocycles. The Bertz CT molecular complexity index is 3070. The number of para-hydroxylation sites is 1. The third-order valence-electron chi connectivity index (χ3n) is 9.07. The van der Waals surface area contributed by atoms with Crippen LogP contribution in [0.15, 0.2) is 136 Å². The van der Waals surface area contributed by atoms with E-state index >= 15 is 0 Å². The van der Waals surface area contributed by atoms with Crippen molar-refractivity contribution in [2.24, 2.45) is 10.8 Å². The van der Waals surface area contributed by atoms with Crippen molar-refractivity contribution in [2.45, 2.75) is 61.1 Å². The standard InChI is InChI=1S/C34H26NO2.C17H20N.Ir/c1-34(2,3)20-21-11-13-22(14-12-21)23-17-18-35-29(19-23)28-9-6-8-25-27-16-15-26-24-7-4-5-10-30(24)36-32(26)33(27)37-31(25)28;1-13-5-8-15(9-6-13)16-10-7-14(12-18-16)11-17(2,3)4;/h4-8,10-19H,20H2,1-3H3;5-8,10,12H,11H2,1-4H3;/q2*-1;/i20D2;1D3,11D2;. The number of furan rings is 2. The Morgan fingerprint density at radius 3 is 2.02 bits per heavy atom. The third kappa shape index (κ3) is 8.40. The second-order valence-corrected chi connectivity index (χ2v) is 15.8. The summed E-state index contributed by atoms with van der Waals surface area (Å²) < 4.78 is 68.5. The molecule has 9 rings (SSSR count). The summed E-state index contributed by atoms with van der Waals surface area (Å²) in [7, 11) is 0. The van der Waals surface area contributed by atoms with Crippen LogP contribution in [0.1, 0.15) is 67.8 Å². The number of aromatic nitrogens is 2. The first-order valence-corrected chi connectivity index (χ1v) is 18.4. The number of nitrogens with zero attached hydrogens (tertiary/aromatic N) is 2. The van der Waals surface area contributed by atoms with Crippen LogP contribution in [-0.4, -0.2) is 9.97 Å². The van der Waals surface area contributed by atoms with Crippen LogP contribution in [0.2, 0.25) is 0 Å². The van der Waals surface area contributed by atoms with Gasteiger partial charge in [-0.05, 0) is 75.4 Å². The van der Waals surface area contributed by atoms with Gasteiger partial charge in [0.1, 0.15) is 5.58 Å². The maximum absolute atomic E-state index is 8.58. The zero-order valence-corrected chi connectivity index (χ0v) is 34.6. The van der Waals surface area contributed by atoms with Gasteiger partial charge in [0.05, 0.1) is 5.58 Å². The minimum Gasteiger partial charge on any atom is -0.497 e. The second-order valence-electron chi connectivity index (χ2n) is 15.8. The fourth-order valence-electron chi connectivity index (χ4n) is 6.74. The van der Waals surface area contributed by atoms with Crippen LogP contribution in [-0.2, 0) is 32.9 Å². The van der Waals surface area contributed by atoms with Gasteiger partial charge in [0.25, 0.3) is 0 Å². The summed E-state index contributed by atoms with van der Waals surface area (Å²) in [5.74, 6) is 0. The fourth-order valence-corrected chi connectivity index (χ4v) is 6.74. The van der Waals surface area contributed by atoms with Gasteiger partial charge in [-0.15, -0.1) is 53.6 Å². The first-order valence-electron chi connectivity index (χ1n) is 21.9. The maximum Gasteiger partial charge on any atom is 0.177 e. The number of hydrogen-bond acceptors (Lipinski definition) is 4. The van der Waals surface area contributed by atoms with Crippen LogP contribution in [0, 0.1) is 29.8 Å². The molecule has 0 saturated carbocycles. The van der Waals surface area contributed by atoms with Gasteiger partial charge in [-0.25, -0.2) is 0 Å². The molecule has 0 aliphatic heterocycles. The molecule has 0 fully saturated rings. The minimum absolute atomic E-state index is 0. The number of hydrogen-bond donors (Lipinski definition) is 0. The van der Waals surface area contributed by atoms with Crippen molar-refractivity contribution >= 4 is 43.9 Å². The number of pyridine rings is 2. The van der Waals surface area contributed by atoms with Crippen LogP contribution in [0.5, 0.6) is 0 Å². The van der Waals surface area contributed by atoms with Gasteiger partial charge in [0.2, 0.25) is 0 Å². The molecule has 4 aromatic heterocycles. The van der Waals surface area contributed by atoms with E-state index in [0.717, 1.165) is 66.3 Å². The summed E-state index contributed by atoms with van der Waals surface area (Å²) in [6.45, 7) is 9.17. The maximum atomic E-state index is 8.58. The molecular weight excluding hydrogens is 865 g/mol. The second kappa shape index (κ2) is 15.7. The molecule has 0 spiro atoms. The largest absolute Gasteiger partial charge is 0.497 e. The van der Waals surface area contributed by atoms with Gasteiger partial charge in [0.15, 0.2) is 11.2 Å². The van der Waals surface area contributed by atoms with Crippen molar-refractivity contribution in [3.05, 3.63) is 156 Å². The molecule has 0 saturated heterocycles. The zero-order chi connectivity index (χ0) is 44.4. The Morgan fingerprint density at radius 1 is 0.625 bits per heavy atom. The van der Waals surface area contributed by atoms with Gasteiger partial charge in [-0.3, -0.25) is 0 Å². The summed E-state index contributed by atoms with van der Waals surface area (Å²) in [5, 5.41) is 4.08. The van der Waals surface area contributed by atoms with E-state index in [9.17, 15) is 0 Å². The average molecular weight is 918 g/mol. The Kier molecular flexibility index (Phi) is 8.61. The fraction of sp³-hybridized carbons (Fsp3) is 0.216. The minimum atomic E-state index is -2.14. The molecule has 4 heterocycles. The Labute approximate surface area is 353 Å². The van der Waals surface area contributed by atoms with Gasteiger partial charge >= 0.3 is 0 Å². The van der Waals surface area contributed by atoms with E-state index in [1.807, 2.05) is 108 Å². The normalized spacial score (nSPS) is 14.4. The molecule has 0 amide bonds. The molecule has 0 bridgehead atoms. The molecule has 56 heavy (non-hydrogen) atoms. The van der Waals surface area contributed by atoms with Crippen molar-refractivity contribution in [1.29, 1.82) is 0 Å². The van der Waals surface area contributed by atoms with E-state index in [2.05, 4.69) is 40.3 Å². The van der Waals surface area contributed by atoms with Crippen molar-refractivity contribution in [1.82, 2.24) is 9.97 Å². The van der Waals surface area contributed by atoms with Crippen molar-refractivity contribution in [3.63, 3.8) is 0 Å². The Balaban J connectivity index is 0.000000213. The molecule has 0 N–H and O–H groups in total. The van der Waals surface area contributed by atoms with Crippen LogP contribution in [0.3, 0.4) is 0 Å². The van der Waals surface area contributed by atoms with E-state index in [1.54, 1.807) is 30.5 Å². The third-order valence-corrected chi connectivity index (χ3v) is 9.07. The SMILES string of the molecule is [2H]C([2H])([2H])c1c[c-]c(-c2ccc(C([2H])([2H])C(C)(C)C)cn2)cc1.[2H]C([2H])(c1ccc(-c2ccnc(-c3[c-]ccc4c3oc3c4ccc4c5ccccc5oc43)c2)cc1)C(C)(C)C.[Ir]. The summed E-state index contributed by atoms with van der Waals surface area (Å²) in [6.07, 6.45) is 0.394. The number of aryl methyl sites for hydroxylation is 1. The number of rotatable bonds is 5. The van der Waals surface area contributed by atoms with Gasteiger partial charge in [-0.2, -0.15) is 0 Å². The summed E-state index contributed by atoms with van der Waals surface area (Å²) in [6, 6.07) is 42.3. The molecule has 4 nitrogen and oxygen atoms in total. The van der Waals surface area contributed by atoms with E-state index in [1.165, 1.54) is 12.3 Å². The number of benzene rings is 5. The first-order chi connectivity index (χ1) is 29.1. The Morgan fingerprint density at radius 2 is 1.32 bits per heavy atom. The van der Waals surface area contributed by atoms with Crippen LogP contribution in [0.25, 0.3) is 77.5 Å². The molecule has 283 valence electrons. The van der Waals surface area contributed by atoms with E-state index in [-0.39, 0.29) is 25.7 Å². The van der Waals surface area contributed by atoms with Gasteiger partial charge in [-0.1, -0.05) is 126 Å². The summed E-state index contributed by atoms with van der Waals surface area (Å²) >= 11 is 0. The van der Waals surface area contributed by atoms with Crippen LogP contribution in [0.4, 0.5) is 0 Å². The van der Waals surface area contributed by atoms with Crippen LogP contribution < -0.4 is 0 Å². The van der Waals surface area contributed by atoms with Gasteiger partial charge < -0.3 is 18.8 Å². The average Bonchev–Trinajstić information content (AvgIpc) is 3.82. The van der Waals surface area contributed by atoms with Crippen molar-refractivity contribution in [3.8, 4) is 33.6 Å². The van der Waals surface area contributed by atoms with E-state index in [0.29, 0.717) is 22.4 Å². The quantitative estimate of drug-likeness (QED) is 0.161. The van der Waals surface area contributed by atoms with Crippen molar-refractivity contribution in [2.75, 3.05) is 0 Å². The van der Waals surface area contributed by atoms with Crippen molar-refractivity contribution < 1.29 is 38.5 Å². The molecule has 9 aromatic rings. The summed E-state index contributed by atoms with van der Waals surface area (Å²) in [4.78, 5) is 8.98. The Hall–Kier alpha value is -5.35. The number of fused-ring (bicyclic) bond motifs is 7. The molecule has 0 unspecified atom stereocenters. The molecule has 5 heteroatoms. The molecule has 1 radical (unpaired) electrons.